The highest BCUT2D eigenvalue weighted by Crippen LogP contribution is 2.18. The largest absolute Gasteiger partial charge is 0.399 e. The van der Waals surface area contributed by atoms with Gasteiger partial charge in [0, 0.05) is 24.3 Å². The van der Waals surface area contributed by atoms with Crippen LogP contribution in [0.4, 0.5) is 5.69 Å². The van der Waals surface area contributed by atoms with Crippen molar-refractivity contribution in [3.63, 3.8) is 0 Å². The molecule has 0 atom stereocenters. The van der Waals surface area contributed by atoms with Gasteiger partial charge in [-0.3, -0.25) is 4.79 Å². The van der Waals surface area contributed by atoms with Crippen LogP contribution in [0.5, 0.6) is 0 Å². The van der Waals surface area contributed by atoms with Crippen molar-refractivity contribution in [1.82, 2.24) is 19.7 Å². The Hall–Kier alpha value is -2.37. The highest BCUT2D eigenvalue weighted by atomic mass is 16.2. The SMILES string of the molecule is Cc1cc(N)ccc1C(=O)N1CCn2cnnc2C1. The zero-order valence-corrected chi connectivity index (χ0v) is 10.7. The lowest BCUT2D eigenvalue weighted by atomic mass is 10.1. The minimum atomic E-state index is 0.0201. The summed E-state index contributed by atoms with van der Waals surface area (Å²) in [6.45, 7) is 3.81. The van der Waals surface area contributed by atoms with Crippen molar-refractivity contribution >= 4 is 11.6 Å². The Bertz CT molecular complexity index is 634. The summed E-state index contributed by atoms with van der Waals surface area (Å²) in [5.41, 5.74) is 7.98. The summed E-state index contributed by atoms with van der Waals surface area (Å²) in [5.74, 6) is 0.847. The van der Waals surface area contributed by atoms with Crippen molar-refractivity contribution in [2.24, 2.45) is 0 Å². The number of fused-ring (bicyclic) bond motifs is 1. The Morgan fingerprint density at radius 3 is 3.00 bits per heavy atom. The fraction of sp³-hybridized carbons (Fsp3) is 0.308. The minimum absolute atomic E-state index is 0.0201. The van der Waals surface area contributed by atoms with E-state index in [1.54, 1.807) is 23.4 Å². The molecule has 0 radical (unpaired) electrons. The third-order valence-electron chi connectivity index (χ3n) is 3.41. The maximum absolute atomic E-state index is 12.5. The minimum Gasteiger partial charge on any atom is -0.399 e. The molecule has 3 rings (SSSR count). The number of nitrogens with zero attached hydrogens (tertiary/aromatic N) is 4. The predicted octanol–water partition coefficient (Wildman–Crippen LogP) is 0.825. The smallest absolute Gasteiger partial charge is 0.254 e. The van der Waals surface area contributed by atoms with Crippen LogP contribution in [0.3, 0.4) is 0 Å². The molecular weight excluding hydrogens is 242 g/mol. The molecule has 0 saturated carbocycles. The Morgan fingerprint density at radius 1 is 1.37 bits per heavy atom. The van der Waals surface area contributed by atoms with E-state index in [4.69, 9.17) is 5.73 Å². The Morgan fingerprint density at radius 2 is 2.21 bits per heavy atom. The maximum Gasteiger partial charge on any atom is 0.254 e. The van der Waals surface area contributed by atoms with Gasteiger partial charge in [-0.2, -0.15) is 0 Å². The number of carbonyl (C=O) groups is 1. The van der Waals surface area contributed by atoms with E-state index in [-0.39, 0.29) is 5.91 Å². The van der Waals surface area contributed by atoms with E-state index in [0.717, 1.165) is 17.9 Å². The average Bonchev–Trinajstić information content (AvgIpc) is 2.85. The molecule has 0 bridgehead atoms. The summed E-state index contributed by atoms with van der Waals surface area (Å²) in [7, 11) is 0. The second-order valence-corrected chi connectivity index (χ2v) is 4.74. The zero-order valence-electron chi connectivity index (χ0n) is 10.7. The lowest BCUT2D eigenvalue weighted by Gasteiger charge is -2.27. The number of aryl methyl sites for hydroxylation is 1. The fourth-order valence-electron chi connectivity index (χ4n) is 2.34. The van der Waals surface area contributed by atoms with Crippen LogP contribution in [0.25, 0.3) is 0 Å². The van der Waals surface area contributed by atoms with Crippen LogP contribution in [0.15, 0.2) is 24.5 Å². The van der Waals surface area contributed by atoms with E-state index in [1.165, 1.54) is 0 Å². The summed E-state index contributed by atoms with van der Waals surface area (Å²) in [4.78, 5) is 14.3. The molecule has 0 fully saturated rings. The molecule has 1 aliphatic rings. The number of nitrogen functional groups attached to an aromatic ring is 1. The first-order chi connectivity index (χ1) is 9.15. The quantitative estimate of drug-likeness (QED) is 0.767. The number of hydrogen-bond acceptors (Lipinski definition) is 4. The van der Waals surface area contributed by atoms with Crippen LogP contribution in [0.1, 0.15) is 21.7 Å². The van der Waals surface area contributed by atoms with Gasteiger partial charge in [0.25, 0.3) is 5.91 Å². The number of anilines is 1. The molecule has 2 aromatic rings. The average molecular weight is 257 g/mol. The van der Waals surface area contributed by atoms with Gasteiger partial charge < -0.3 is 15.2 Å². The number of hydrogen-bond donors (Lipinski definition) is 1. The van der Waals surface area contributed by atoms with Gasteiger partial charge in [0.15, 0.2) is 5.82 Å². The second-order valence-electron chi connectivity index (χ2n) is 4.74. The van der Waals surface area contributed by atoms with Crippen molar-refractivity contribution in [2.45, 2.75) is 20.0 Å². The summed E-state index contributed by atoms with van der Waals surface area (Å²) in [6.07, 6.45) is 1.70. The number of nitrogens with two attached hydrogens (primary N) is 1. The molecule has 0 unspecified atom stereocenters. The summed E-state index contributed by atoms with van der Waals surface area (Å²) < 4.78 is 1.97. The Kier molecular flexibility index (Phi) is 2.70. The molecule has 6 heteroatoms. The number of rotatable bonds is 1. The third-order valence-corrected chi connectivity index (χ3v) is 3.41. The highest BCUT2D eigenvalue weighted by molar-refractivity contribution is 5.96. The van der Waals surface area contributed by atoms with Gasteiger partial charge in [-0.25, -0.2) is 0 Å². The van der Waals surface area contributed by atoms with Crippen LogP contribution < -0.4 is 5.73 Å². The van der Waals surface area contributed by atoms with E-state index in [2.05, 4.69) is 10.2 Å². The Balaban J connectivity index is 1.85. The van der Waals surface area contributed by atoms with Crippen molar-refractivity contribution in [2.75, 3.05) is 12.3 Å². The van der Waals surface area contributed by atoms with Gasteiger partial charge in [-0.15, -0.1) is 10.2 Å². The summed E-state index contributed by atoms with van der Waals surface area (Å²) in [5, 5.41) is 7.88. The van der Waals surface area contributed by atoms with Crippen molar-refractivity contribution in [1.29, 1.82) is 0 Å². The molecular formula is C13H15N5O. The van der Waals surface area contributed by atoms with Gasteiger partial charge in [0.1, 0.15) is 6.33 Å². The first kappa shape index (κ1) is 11.7. The monoisotopic (exact) mass is 257 g/mol. The molecule has 2 heterocycles. The topological polar surface area (TPSA) is 77.0 Å². The van der Waals surface area contributed by atoms with Crippen molar-refractivity contribution < 1.29 is 4.79 Å². The van der Waals surface area contributed by atoms with Crippen LogP contribution in [-0.2, 0) is 13.1 Å². The molecule has 1 aromatic heterocycles. The molecule has 1 aliphatic heterocycles. The molecule has 1 amide bonds. The first-order valence-corrected chi connectivity index (χ1v) is 6.17. The lowest BCUT2D eigenvalue weighted by Crippen LogP contribution is -2.38. The first-order valence-electron chi connectivity index (χ1n) is 6.17. The predicted molar refractivity (Wildman–Crippen MR) is 70.4 cm³/mol. The van der Waals surface area contributed by atoms with Crippen LogP contribution >= 0.6 is 0 Å². The standard InChI is InChI=1S/C13H15N5O/c1-9-6-10(14)2-3-11(9)13(19)17-4-5-18-8-15-16-12(18)7-17/h2-3,6,8H,4-5,7,14H2,1H3. The number of aromatic nitrogens is 3. The molecule has 0 spiro atoms. The van der Waals surface area contributed by atoms with E-state index >= 15 is 0 Å². The highest BCUT2D eigenvalue weighted by Gasteiger charge is 2.23. The molecule has 6 nitrogen and oxygen atoms in total. The van der Waals surface area contributed by atoms with E-state index in [0.29, 0.717) is 24.3 Å². The van der Waals surface area contributed by atoms with E-state index in [1.807, 2.05) is 17.6 Å². The number of benzene rings is 1. The molecule has 2 N–H and O–H groups in total. The van der Waals surface area contributed by atoms with Gasteiger partial charge in [0.2, 0.25) is 0 Å². The van der Waals surface area contributed by atoms with Crippen LogP contribution in [0.2, 0.25) is 0 Å². The van der Waals surface area contributed by atoms with Crippen molar-refractivity contribution in [3.05, 3.63) is 41.5 Å². The summed E-state index contributed by atoms with van der Waals surface area (Å²) in [6, 6.07) is 5.36. The molecule has 0 aliphatic carbocycles. The van der Waals surface area contributed by atoms with Crippen molar-refractivity contribution in [3.8, 4) is 0 Å². The normalized spacial score (nSPS) is 14.3. The molecule has 1 aromatic carbocycles. The van der Waals surface area contributed by atoms with Crippen LogP contribution in [0, 0.1) is 6.92 Å². The lowest BCUT2D eigenvalue weighted by molar-refractivity contribution is 0.0707. The van der Waals surface area contributed by atoms with E-state index < -0.39 is 0 Å². The zero-order chi connectivity index (χ0) is 13.4. The van der Waals surface area contributed by atoms with E-state index in [9.17, 15) is 4.79 Å². The Labute approximate surface area is 110 Å². The molecule has 19 heavy (non-hydrogen) atoms. The van der Waals surface area contributed by atoms with Crippen LogP contribution in [-0.4, -0.2) is 32.1 Å². The van der Waals surface area contributed by atoms with Gasteiger partial charge in [0.05, 0.1) is 6.54 Å². The maximum atomic E-state index is 12.5. The van der Waals surface area contributed by atoms with Gasteiger partial charge in [-0.05, 0) is 30.7 Å². The number of carbonyl (C=O) groups excluding carboxylic acids is 1. The third kappa shape index (κ3) is 2.05. The van der Waals surface area contributed by atoms with Gasteiger partial charge >= 0.3 is 0 Å². The summed E-state index contributed by atoms with van der Waals surface area (Å²) >= 11 is 0. The fourth-order valence-corrected chi connectivity index (χ4v) is 2.34. The molecule has 0 saturated heterocycles. The van der Waals surface area contributed by atoms with Gasteiger partial charge in [-0.1, -0.05) is 0 Å². The number of amides is 1. The molecule has 98 valence electrons. The second kappa shape index (κ2) is 4.38.